The summed E-state index contributed by atoms with van der Waals surface area (Å²) < 4.78 is 40.5. The molecule has 0 atom stereocenters. The molecule has 0 aliphatic heterocycles. The zero-order valence-corrected chi connectivity index (χ0v) is 15.0. The van der Waals surface area contributed by atoms with E-state index in [2.05, 4.69) is 19.8 Å². The predicted molar refractivity (Wildman–Crippen MR) is 90.9 cm³/mol. The Hall–Kier alpha value is -3.90. The van der Waals surface area contributed by atoms with Gasteiger partial charge in [-0.3, -0.25) is 10.1 Å². The summed E-state index contributed by atoms with van der Waals surface area (Å²) in [5.74, 6) is -1.77. The van der Waals surface area contributed by atoms with Crippen molar-refractivity contribution >= 4 is 17.4 Å². The lowest BCUT2D eigenvalue weighted by Gasteiger charge is -2.12. The first kappa shape index (κ1) is 19.9. The number of aromatic nitrogens is 4. The predicted octanol–water partition coefficient (Wildman–Crippen LogP) is 2.31. The fourth-order valence-corrected chi connectivity index (χ4v) is 2.43. The molecule has 0 saturated carbocycles. The molecule has 0 N–H and O–H groups in total. The van der Waals surface area contributed by atoms with Gasteiger partial charge in [-0.05, 0) is 19.1 Å². The van der Waals surface area contributed by atoms with Crippen LogP contribution < -0.4 is 9.47 Å². The van der Waals surface area contributed by atoms with Gasteiger partial charge in [0, 0.05) is 11.9 Å². The molecule has 1 aromatic carbocycles. The van der Waals surface area contributed by atoms with Gasteiger partial charge >= 0.3 is 12.6 Å². The van der Waals surface area contributed by atoms with E-state index in [1.54, 1.807) is 13.0 Å². The molecule has 0 spiro atoms. The number of carbonyl (C=O) groups is 1. The van der Waals surface area contributed by atoms with Crippen molar-refractivity contribution in [1.82, 2.24) is 19.6 Å². The molecule has 0 fully saturated rings. The molecule has 0 unspecified atom stereocenters. The number of benzene rings is 1. The molecule has 0 bridgehead atoms. The van der Waals surface area contributed by atoms with Gasteiger partial charge in [-0.15, -0.1) is 5.10 Å². The summed E-state index contributed by atoms with van der Waals surface area (Å²) in [5, 5.41) is 15.2. The Morgan fingerprint density at radius 2 is 2.10 bits per heavy atom. The Morgan fingerprint density at radius 1 is 1.34 bits per heavy atom. The van der Waals surface area contributed by atoms with Gasteiger partial charge in [-0.2, -0.15) is 13.8 Å². The van der Waals surface area contributed by atoms with Crippen LogP contribution in [0.4, 0.5) is 14.5 Å². The normalized spacial score (nSPS) is 10.9. The topological polar surface area (TPSA) is 131 Å². The van der Waals surface area contributed by atoms with Crippen LogP contribution in [0.25, 0.3) is 5.78 Å². The van der Waals surface area contributed by atoms with Gasteiger partial charge in [0.2, 0.25) is 0 Å². The Kier molecular flexibility index (Phi) is 5.47. The number of halogens is 2. The molecule has 152 valence electrons. The fraction of sp³-hybridized carbons (Fsp3) is 0.250. The lowest BCUT2D eigenvalue weighted by molar-refractivity contribution is -0.386. The number of carbonyl (C=O) groups excluding carboxylic acids is 1. The van der Waals surface area contributed by atoms with Gasteiger partial charge in [0.25, 0.3) is 17.3 Å². The van der Waals surface area contributed by atoms with E-state index in [4.69, 9.17) is 9.47 Å². The van der Waals surface area contributed by atoms with E-state index in [1.807, 2.05) is 0 Å². The van der Waals surface area contributed by atoms with Gasteiger partial charge in [0.05, 0.1) is 23.7 Å². The Labute approximate surface area is 161 Å². The van der Waals surface area contributed by atoms with Crippen LogP contribution >= 0.6 is 0 Å². The van der Waals surface area contributed by atoms with Gasteiger partial charge in [0.1, 0.15) is 6.61 Å². The molecule has 3 aromatic rings. The Bertz CT molecular complexity index is 1090. The van der Waals surface area contributed by atoms with Crippen LogP contribution in [0.2, 0.25) is 0 Å². The number of esters is 1. The van der Waals surface area contributed by atoms with Gasteiger partial charge < -0.3 is 14.2 Å². The summed E-state index contributed by atoms with van der Waals surface area (Å²) >= 11 is 0. The average Bonchev–Trinajstić information content (AvgIpc) is 3.11. The summed E-state index contributed by atoms with van der Waals surface area (Å²) in [6.07, 6.45) is 1.49. The third-order valence-electron chi connectivity index (χ3n) is 3.75. The van der Waals surface area contributed by atoms with Crippen LogP contribution in [-0.2, 0) is 11.3 Å². The number of methoxy groups -OCH3 is 1. The average molecular weight is 409 g/mol. The Balaban J connectivity index is 1.85. The molecule has 0 radical (unpaired) electrons. The molecule has 0 amide bonds. The maximum Gasteiger partial charge on any atom is 0.387 e. The number of aryl methyl sites for hydroxylation is 1. The minimum atomic E-state index is -3.20. The van der Waals surface area contributed by atoms with E-state index >= 15 is 0 Å². The molecule has 29 heavy (non-hydrogen) atoms. The lowest BCUT2D eigenvalue weighted by Crippen LogP contribution is -2.10. The number of hydrogen-bond acceptors (Lipinski definition) is 9. The summed E-state index contributed by atoms with van der Waals surface area (Å²) in [4.78, 5) is 30.6. The zero-order chi connectivity index (χ0) is 21.1. The zero-order valence-electron chi connectivity index (χ0n) is 15.0. The highest BCUT2D eigenvalue weighted by atomic mass is 19.3. The van der Waals surface area contributed by atoms with Crippen molar-refractivity contribution < 1.29 is 32.7 Å². The van der Waals surface area contributed by atoms with E-state index < -0.39 is 35.5 Å². The maximum absolute atomic E-state index is 12.5. The number of ether oxygens (including phenoxy) is 3. The SMILES string of the molecule is COc1cc(COC(=O)c2nc3nccc(C)n3n2)c([N+](=O)[O-])cc1OC(F)F. The maximum atomic E-state index is 12.5. The molecule has 3 rings (SSSR count). The summed E-state index contributed by atoms with van der Waals surface area (Å²) in [6.45, 7) is -2.02. The number of nitrogens with zero attached hydrogens (tertiary/aromatic N) is 5. The van der Waals surface area contributed by atoms with Gasteiger partial charge in [-0.1, -0.05) is 0 Å². The van der Waals surface area contributed by atoms with E-state index in [9.17, 15) is 23.7 Å². The first-order valence-electron chi connectivity index (χ1n) is 7.95. The molecule has 11 nitrogen and oxygen atoms in total. The quantitative estimate of drug-likeness (QED) is 0.328. The monoisotopic (exact) mass is 409 g/mol. The largest absolute Gasteiger partial charge is 0.493 e. The second-order valence-electron chi connectivity index (χ2n) is 5.58. The molecular formula is C16H13F2N5O6. The van der Waals surface area contributed by atoms with Gasteiger partial charge in [-0.25, -0.2) is 14.3 Å². The van der Waals surface area contributed by atoms with Crippen molar-refractivity contribution in [1.29, 1.82) is 0 Å². The van der Waals surface area contributed by atoms with E-state index in [0.29, 0.717) is 5.69 Å². The number of nitro benzene ring substituents is 1. The van der Waals surface area contributed by atoms with Crippen molar-refractivity contribution in [2.45, 2.75) is 20.1 Å². The van der Waals surface area contributed by atoms with E-state index in [0.717, 1.165) is 12.1 Å². The molecule has 2 aromatic heterocycles. The third-order valence-corrected chi connectivity index (χ3v) is 3.75. The molecule has 0 saturated heterocycles. The highest BCUT2D eigenvalue weighted by molar-refractivity contribution is 5.85. The summed E-state index contributed by atoms with van der Waals surface area (Å²) in [5.41, 5.74) is -0.00819. The number of alkyl halides is 2. The highest BCUT2D eigenvalue weighted by Crippen LogP contribution is 2.36. The van der Waals surface area contributed by atoms with Crippen molar-refractivity contribution in [3.8, 4) is 11.5 Å². The first-order valence-corrected chi connectivity index (χ1v) is 7.95. The minimum absolute atomic E-state index is 0.0973. The third kappa shape index (κ3) is 4.17. The lowest BCUT2D eigenvalue weighted by atomic mass is 10.1. The van der Waals surface area contributed by atoms with Gasteiger partial charge in [0.15, 0.2) is 11.5 Å². The minimum Gasteiger partial charge on any atom is -0.493 e. The Morgan fingerprint density at radius 3 is 2.72 bits per heavy atom. The molecule has 13 heteroatoms. The van der Waals surface area contributed by atoms with Crippen molar-refractivity contribution in [3.05, 3.63) is 51.6 Å². The number of fused-ring (bicyclic) bond motifs is 1. The van der Waals surface area contributed by atoms with Crippen LogP contribution in [0.15, 0.2) is 24.4 Å². The summed E-state index contributed by atoms with van der Waals surface area (Å²) in [7, 11) is 1.17. The molecular weight excluding hydrogens is 396 g/mol. The van der Waals surface area contributed by atoms with Crippen LogP contribution in [0.5, 0.6) is 11.5 Å². The van der Waals surface area contributed by atoms with Crippen LogP contribution in [0, 0.1) is 17.0 Å². The number of hydrogen-bond donors (Lipinski definition) is 0. The first-order chi connectivity index (χ1) is 13.8. The van der Waals surface area contributed by atoms with Crippen molar-refractivity contribution in [3.63, 3.8) is 0 Å². The van der Waals surface area contributed by atoms with Crippen LogP contribution in [0.1, 0.15) is 21.9 Å². The van der Waals surface area contributed by atoms with Crippen molar-refractivity contribution in [2.75, 3.05) is 7.11 Å². The second kappa shape index (κ2) is 8.00. The summed E-state index contributed by atoms with van der Waals surface area (Å²) in [6, 6.07) is 3.51. The van der Waals surface area contributed by atoms with E-state index in [-0.39, 0.29) is 22.9 Å². The second-order valence-corrected chi connectivity index (χ2v) is 5.58. The fourth-order valence-electron chi connectivity index (χ4n) is 2.43. The van der Waals surface area contributed by atoms with Crippen LogP contribution in [0.3, 0.4) is 0 Å². The smallest absolute Gasteiger partial charge is 0.387 e. The number of rotatable bonds is 7. The molecule has 0 aliphatic carbocycles. The van der Waals surface area contributed by atoms with Crippen LogP contribution in [-0.4, -0.2) is 44.2 Å². The molecule has 0 aliphatic rings. The van der Waals surface area contributed by atoms with E-state index in [1.165, 1.54) is 17.8 Å². The standard InChI is InChI=1S/C16H13F2N5O6/c1-8-3-4-19-16-20-13(21-22(8)16)14(24)28-7-9-5-11(27-2)12(29-15(17)18)6-10(9)23(25)26/h3-6,15H,7H2,1-2H3. The highest BCUT2D eigenvalue weighted by Gasteiger charge is 2.24. The van der Waals surface area contributed by atoms with Crippen molar-refractivity contribution in [2.24, 2.45) is 0 Å². The number of nitro groups is 1. The molecule has 2 heterocycles.